The first-order valence-corrected chi connectivity index (χ1v) is 7.07. The second kappa shape index (κ2) is 5.63. The SMILES string of the molecule is CCCOc1ccc(F)c2c(=O)c(-c3cnn(C)c3)c[nH]c12. The number of rotatable bonds is 4. The van der Waals surface area contributed by atoms with E-state index >= 15 is 0 Å². The summed E-state index contributed by atoms with van der Waals surface area (Å²) in [5.74, 6) is -0.0843. The predicted molar refractivity (Wildman–Crippen MR) is 82.5 cm³/mol. The molecule has 1 N–H and O–H groups in total. The number of H-pyrrole nitrogens is 1. The van der Waals surface area contributed by atoms with Gasteiger partial charge in [0.05, 0.1) is 23.7 Å². The van der Waals surface area contributed by atoms with Crippen LogP contribution in [0.4, 0.5) is 4.39 Å². The zero-order chi connectivity index (χ0) is 15.7. The van der Waals surface area contributed by atoms with E-state index in [1.165, 1.54) is 12.1 Å². The minimum Gasteiger partial charge on any atom is -0.491 e. The van der Waals surface area contributed by atoms with Gasteiger partial charge in [0.15, 0.2) is 5.43 Å². The Labute approximate surface area is 126 Å². The van der Waals surface area contributed by atoms with E-state index in [9.17, 15) is 9.18 Å². The maximum absolute atomic E-state index is 14.2. The van der Waals surface area contributed by atoms with Crippen LogP contribution in [0.3, 0.4) is 0 Å². The smallest absolute Gasteiger partial charge is 0.200 e. The lowest BCUT2D eigenvalue weighted by Crippen LogP contribution is -2.09. The van der Waals surface area contributed by atoms with E-state index in [-0.39, 0.29) is 10.8 Å². The Balaban J connectivity index is 2.22. The van der Waals surface area contributed by atoms with Gasteiger partial charge in [-0.3, -0.25) is 9.48 Å². The molecule has 0 radical (unpaired) electrons. The lowest BCUT2D eigenvalue weighted by atomic mass is 10.1. The summed E-state index contributed by atoms with van der Waals surface area (Å²) in [5.41, 5.74) is 1.03. The highest BCUT2D eigenvalue weighted by Gasteiger charge is 2.15. The number of hydrogen-bond donors (Lipinski definition) is 1. The Hall–Kier alpha value is -2.63. The molecule has 0 fully saturated rings. The average molecular weight is 301 g/mol. The van der Waals surface area contributed by atoms with E-state index in [1.54, 1.807) is 30.3 Å². The summed E-state index contributed by atoms with van der Waals surface area (Å²) in [5, 5.41) is 4.05. The maximum atomic E-state index is 14.2. The van der Waals surface area contributed by atoms with Gasteiger partial charge in [-0.15, -0.1) is 0 Å². The third kappa shape index (κ3) is 2.36. The molecule has 0 atom stereocenters. The molecular weight excluding hydrogens is 285 g/mol. The highest BCUT2D eigenvalue weighted by molar-refractivity contribution is 5.88. The van der Waals surface area contributed by atoms with Crippen molar-refractivity contribution in [2.75, 3.05) is 6.61 Å². The van der Waals surface area contributed by atoms with E-state index in [1.807, 2.05) is 6.92 Å². The Kier molecular flexibility index (Phi) is 3.66. The van der Waals surface area contributed by atoms with Crippen LogP contribution in [-0.2, 0) is 7.05 Å². The van der Waals surface area contributed by atoms with Gasteiger partial charge in [-0.2, -0.15) is 5.10 Å². The van der Waals surface area contributed by atoms with E-state index in [0.717, 1.165) is 6.42 Å². The summed E-state index contributed by atoms with van der Waals surface area (Å²) in [4.78, 5) is 15.6. The van der Waals surface area contributed by atoms with Crippen LogP contribution >= 0.6 is 0 Å². The third-order valence-electron chi connectivity index (χ3n) is 3.43. The first kappa shape index (κ1) is 14.3. The molecule has 5 nitrogen and oxygen atoms in total. The van der Waals surface area contributed by atoms with Gasteiger partial charge in [-0.25, -0.2) is 4.39 Å². The molecule has 22 heavy (non-hydrogen) atoms. The van der Waals surface area contributed by atoms with Crippen LogP contribution in [0.15, 0.2) is 35.5 Å². The van der Waals surface area contributed by atoms with Crippen molar-refractivity contribution in [1.29, 1.82) is 0 Å². The molecular formula is C16H16FN3O2. The molecule has 1 aromatic carbocycles. The van der Waals surface area contributed by atoms with Crippen molar-refractivity contribution >= 4 is 10.9 Å². The zero-order valence-corrected chi connectivity index (χ0v) is 12.4. The van der Waals surface area contributed by atoms with Crippen LogP contribution in [0.25, 0.3) is 22.0 Å². The molecule has 6 heteroatoms. The number of aromatic amines is 1. The standard InChI is InChI=1S/C16H16FN3O2/c1-3-6-22-13-5-4-12(17)14-15(13)18-8-11(16(14)21)10-7-19-20(2)9-10/h4-5,7-9H,3,6H2,1-2H3,(H,18,21). The zero-order valence-electron chi connectivity index (χ0n) is 12.4. The number of fused-ring (bicyclic) bond motifs is 1. The van der Waals surface area contributed by atoms with Gasteiger partial charge < -0.3 is 9.72 Å². The topological polar surface area (TPSA) is 59.9 Å². The van der Waals surface area contributed by atoms with Crippen molar-refractivity contribution < 1.29 is 9.13 Å². The normalized spacial score (nSPS) is 11.0. The number of aryl methyl sites for hydroxylation is 1. The second-order valence-electron chi connectivity index (χ2n) is 5.08. The first-order valence-electron chi connectivity index (χ1n) is 7.07. The van der Waals surface area contributed by atoms with Gasteiger partial charge in [-0.05, 0) is 18.6 Å². The molecule has 0 bridgehead atoms. The summed E-state index contributed by atoms with van der Waals surface area (Å²) in [6.45, 7) is 2.49. The van der Waals surface area contributed by atoms with E-state index < -0.39 is 5.82 Å². The van der Waals surface area contributed by atoms with E-state index in [2.05, 4.69) is 10.1 Å². The summed E-state index contributed by atoms with van der Waals surface area (Å²) in [6, 6.07) is 2.79. The average Bonchev–Trinajstić information content (AvgIpc) is 2.93. The van der Waals surface area contributed by atoms with Crippen molar-refractivity contribution in [1.82, 2.24) is 14.8 Å². The van der Waals surface area contributed by atoms with Crippen molar-refractivity contribution in [2.45, 2.75) is 13.3 Å². The molecule has 2 heterocycles. The summed E-state index contributed by atoms with van der Waals surface area (Å²) >= 11 is 0. The molecule has 0 spiro atoms. The van der Waals surface area contributed by atoms with Crippen molar-refractivity contribution in [3.05, 3.63) is 46.8 Å². The highest BCUT2D eigenvalue weighted by Crippen LogP contribution is 2.26. The monoisotopic (exact) mass is 301 g/mol. The minimum atomic E-state index is -0.564. The number of hydrogen-bond acceptors (Lipinski definition) is 3. The number of ether oxygens (including phenoxy) is 1. The second-order valence-corrected chi connectivity index (χ2v) is 5.08. The van der Waals surface area contributed by atoms with Crippen LogP contribution in [0, 0.1) is 5.82 Å². The number of halogens is 1. The molecule has 0 aliphatic carbocycles. The summed E-state index contributed by atoms with van der Waals surface area (Å²) in [7, 11) is 1.76. The number of aromatic nitrogens is 3. The van der Waals surface area contributed by atoms with Gasteiger partial charge in [0.1, 0.15) is 11.6 Å². The van der Waals surface area contributed by atoms with Crippen LogP contribution in [-0.4, -0.2) is 21.4 Å². The largest absolute Gasteiger partial charge is 0.491 e. The van der Waals surface area contributed by atoms with Crippen molar-refractivity contribution in [3.8, 4) is 16.9 Å². The highest BCUT2D eigenvalue weighted by atomic mass is 19.1. The van der Waals surface area contributed by atoms with Crippen molar-refractivity contribution in [2.24, 2.45) is 7.05 Å². The van der Waals surface area contributed by atoms with Gasteiger partial charge in [0.2, 0.25) is 0 Å². The molecule has 3 aromatic rings. The Bertz CT molecular complexity index is 883. The number of nitrogens with one attached hydrogen (secondary N) is 1. The molecule has 0 unspecified atom stereocenters. The van der Waals surface area contributed by atoms with Gasteiger partial charge in [-0.1, -0.05) is 6.92 Å². The summed E-state index contributed by atoms with van der Waals surface area (Å²) in [6.07, 6.45) is 5.69. The number of nitrogens with zero attached hydrogens (tertiary/aromatic N) is 2. The fourth-order valence-corrected chi connectivity index (χ4v) is 2.38. The fourth-order valence-electron chi connectivity index (χ4n) is 2.38. The first-order chi connectivity index (χ1) is 10.6. The quantitative estimate of drug-likeness (QED) is 0.806. The lowest BCUT2D eigenvalue weighted by Gasteiger charge is -2.09. The van der Waals surface area contributed by atoms with Gasteiger partial charge in [0.25, 0.3) is 0 Å². The third-order valence-corrected chi connectivity index (χ3v) is 3.43. The molecule has 3 rings (SSSR count). The lowest BCUT2D eigenvalue weighted by molar-refractivity contribution is 0.320. The minimum absolute atomic E-state index is 0.00922. The van der Waals surface area contributed by atoms with E-state index in [4.69, 9.17) is 4.74 Å². The van der Waals surface area contributed by atoms with E-state index in [0.29, 0.717) is 29.0 Å². The molecule has 0 saturated heterocycles. The molecule has 0 saturated carbocycles. The number of pyridine rings is 1. The fraction of sp³-hybridized carbons (Fsp3) is 0.250. The molecule has 114 valence electrons. The van der Waals surface area contributed by atoms with Crippen LogP contribution in [0.2, 0.25) is 0 Å². The van der Waals surface area contributed by atoms with Crippen molar-refractivity contribution in [3.63, 3.8) is 0 Å². The van der Waals surface area contributed by atoms with Gasteiger partial charge >= 0.3 is 0 Å². The summed E-state index contributed by atoms with van der Waals surface area (Å²) < 4.78 is 21.3. The molecule has 0 amide bonds. The van der Waals surface area contributed by atoms with Crippen LogP contribution in [0.1, 0.15) is 13.3 Å². The molecule has 2 aromatic heterocycles. The Morgan fingerprint density at radius 1 is 1.41 bits per heavy atom. The Morgan fingerprint density at radius 2 is 2.23 bits per heavy atom. The predicted octanol–water partition coefficient (Wildman–Crippen LogP) is 2.86. The molecule has 0 aliphatic heterocycles. The number of benzene rings is 1. The molecule has 0 aliphatic rings. The van der Waals surface area contributed by atoms with Crippen LogP contribution in [0.5, 0.6) is 5.75 Å². The van der Waals surface area contributed by atoms with Crippen LogP contribution < -0.4 is 10.2 Å². The Morgan fingerprint density at radius 3 is 2.91 bits per heavy atom. The maximum Gasteiger partial charge on any atom is 0.200 e. The van der Waals surface area contributed by atoms with Gasteiger partial charge in [0, 0.05) is 30.6 Å².